The van der Waals surface area contributed by atoms with E-state index >= 15 is 0 Å². The fourth-order valence-electron chi connectivity index (χ4n) is 2.89. The summed E-state index contributed by atoms with van der Waals surface area (Å²) >= 11 is 1.37. The van der Waals surface area contributed by atoms with Crippen molar-refractivity contribution in [1.82, 2.24) is 24.6 Å². The summed E-state index contributed by atoms with van der Waals surface area (Å²) in [5.41, 5.74) is 3.66. The minimum atomic E-state index is -4.38. The van der Waals surface area contributed by atoms with Crippen molar-refractivity contribution in [2.75, 3.05) is 5.43 Å². The highest BCUT2D eigenvalue weighted by molar-refractivity contribution is 7.13. The number of alkyl halides is 3. The highest BCUT2D eigenvalue weighted by Crippen LogP contribution is 2.27. The van der Waals surface area contributed by atoms with Crippen LogP contribution in [0, 0.1) is 6.92 Å². The van der Waals surface area contributed by atoms with E-state index in [0.29, 0.717) is 27.4 Å². The van der Waals surface area contributed by atoms with Gasteiger partial charge in [0.1, 0.15) is 0 Å². The molecule has 1 N–H and O–H groups in total. The van der Waals surface area contributed by atoms with E-state index in [2.05, 4.69) is 25.4 Å². The molecule has 11 heteroatoms. The molecule has 0 saturated heterocycles. The van der Waals surface area contributed by atoms with E-state index in [1.807, 2.05) is 0 Å². The van der Waals surface area contributed by atoms with Crippen LogP contribution in [0.3, 0.4) is 0 Å². The lowest BCUT2D eigenvalue weighted by molar-refractivity contribution is -0.127. The Hall–Kier alpha value is -3.34. The van der Waals surface area contributed by atoms with Crippen molar-refractivity contribution in [3.8, 4) is 10.8 Å². The molecule has 4 aromatic rings. The second-order valence-corrected chi connectivity index (χ2v) is 7.07. The van der Waals surface area contributed by atoms with Crippen molar-refractivity contribution >= 4 is 28.1 Å². The summed E-state index contributed by atoms with van der Waals surface area (Å²) in [5.74, 6) is -0.139. The Morgan fingerprint density at radius 1 is 1.24 bits per heavy atom. The number of hydrogen-bond acceptors (Lipinski definition) is 6. The topological polar surface area (TPSA) is 85.6 Å². The summed E-state index contributed by atoms with van der Waals surface area (Å²) in [6, 6.07) is 1.53. The van der Waals surface area contributed by atoms with Gasteiger partial charge in [0, 0.05) is 41.8 Å². The van der Waals surface area contributed by atoms with Crippen LogP contribution < -0.4 is 5.43 Å². The maximum atomic E-state index is 12.9. The average Bonchev–Trinajstić information content (AvgIpc) is 3.30. The molecule has 0 bridgehead atoms. The molecule has 0 aromatic carbocycles. The molecule has 148 valence electrons. The minimum Gasteiger partial charge on any atom is -0.267 e. The molecule has 0 radical (unpaired) electrons. The number of aromatic nitrogens is 5. The van der Waals surface area contributed by atoms with Crippen LogP contribution in [0.5, 0.6) is 0 Å². The Morgan fingerprint density at radius 3 is 2.76 bits per heavy atom. The maximum Gasteiger partial charge on any atom is 0.393 e. The highest BCUT2D eigenvalue weighted by atomic mass is 32.1. The normalized spacial score (nSPS) is 11.7. The van der Waals surface area contributed by atoms with Gasteiger partial charge in [-0.15, -0.1) is 11.3 Å². The first-order valence-corrected chi connectivity index (χ1v) is 9.25. The number of rotatable bonds is 4. The van der Waals surface area contributed by atoms with Gasteiger partial charge in [0.15, 0.2) is 10.8 Å². The Labute approximate surface area is 166 Å². The van der Waals surface area contributed by atoms with Crippen LogP contribution in [0.1, 0.15) is 21.6 Å². The number of carbonyl (C=O) groups excluding carboxylic acids is 1. The van der Waals surface area contributed by atoms with Gasteiger partial charge in [-0.25, -0.2) is 15.0 Å². The monoisotopic (exact) mass is 418 g/mol. The van der Waals surface area contributed by atoms with Gasteiger partial charge < -0.3 is 0 Å². The van der Waals surface area contributed by atoms with Gasteiger partial charge in [0.05, 0.1) is 23.2 Å². The zero-order chi connectivity index (χ0) is 20.6. The van der Waals surface area contributed by atoms with Crippen LogP contribution in [-0.4, -0.2) is 36.7 Å². The Morgan fingerprint density at radius 2 is 2.07 bits per heavy atom. The number of hydrogen-bond donors (Lipinski definition) is 1. The number of fused-ring (bicyclic) bond motifs is 1. The van der Waals surface area contributed by atoms with Gasteiger partial charge in [-0.3, -0.25) is 19.9 Å². The van der Waals surface area contributed by atoms with Gasteiger partial charge in [-0.1, -0.05) is 0 Å². The van der Waals surface area contributed by atoms with E-state index in [4.69, 9.17) is 0 Å². The van der Waals surface area contributed by atoms with E-state index < -0.39 is 18.5 Å². The molecule has 0 atom stereocenters. The third kappa shape index (κ3) is 3.94. The number of nitrogens with zero attached hydrogens (tertiary/aromatic N) is 5. The van der Waals surface area contributed by atoms with Gasteiger partial charge >= 0.3 is 6.18 Å². The SMILES string of the molecule is Cc1nc(-c2nccs2)ncc1C(=O)Nn1cc(CC(F)(F)F)c2cnccc21. The first-order valence-electron chi connectivity index (χ1n) is 8.37. The molecule has 4 rings (SSSR count). The molecule has 1 amide bonds. The van der Waals surface area contributed by atoms with E-state index in [1.165, 1.54) is 46.9 Å². The number of carbonyl (C=O) groups is 1. The van der Waals surface area contributed by atoms with E-state index in [9.17, 15) is 18.0 Å². The summed E-state index contributed by atoms with van der Waals surface area (Å²) in [7, 11) is 0. The lowest BCUT2D eigenvalue weighted by atomic mass is 10.1. The van der Waals surface area contributed by atoms with Crippen LogP contribution in [-0.2, 0) is 6.42 Å². The van der Waals surface area contributed by atoms with Crippen molar-refractivity contribution in [3.05, 3.63) is 59.3 Å². The van der Waals surface area contributed by atoms with E-state index in [0.717, 1.165) is 0 Å². The molecule has 4 aromatic heterocycles. The first-order chi connectivity index (χ1) is 13.8. The summed E-state index contributed by atoms with van der Waals surface area (Å²) < 4.78 is 39.9. The predicted octanol–water partition coefficient (Wildman–Crippen LogP) is 3.75. The molecular formula is C18H13F3N6OS. The molecule has 0 aliphatic carbocycles. The second kappa shape index (κ2) is 7.24. The Kier molecular flexibility index (Phi) is 4.74. The van der Waals surface area contributed by atoms with Crippen molar-refractivity contribution < 1.29 is 18.0 Å². The predicted molar refractivity (Wildman–Crippen MR) is 101 cm³/mol. The summed E-state index contributed by atoms with van der Waals surface area (Å²) in [4.78, 5) is 29.2. The molecule has 29 heavy (non-hydrogen) atoms. The lowest BCUT2D eigenvalue weighted by Crippen LogP contribution is -2.23. The summed E-state index contributed by atoms with van der Waals surface area (Å²) in [6.45, 7) is 1.65. The van der Waals surface area contributed by atoms with Gasteiger partial charge in [-0.05, 0) is 18.6 Å². The zero-order valence-corrected chi connectivity index (χ0v) is 15.8. The van der Waals surface area contributed by atoms with Crippen molar-refractivity contribution in [3.63, 3.8) is 0 Å². The molecule has 7 nitrogen and oxygen atoms in total. The number of amides is 1. The number of thiazole rings is 1. The molecule has 0 aliphatic heterocycles. The fourth-order valence-corrected chi connectivity index (χ4v) is 3.46. The van der Waals surface area contributed by atoms with Crippen LogP contribution >= 0.6 is 11.3 Å². The largest absolute Gasteiger partial charge is 0.393 e. The molecule has 0 spiro atoms. The molecular weight excluding hydrogens is 405 g/mol. The smallest absolute Gasteiger partial charge is 0.267 e. The maximum absolute atomic E-state index is 12.9. The third-order valence-corrected chi connectivity index (χ3v) is 4.92. The van der Waals surface area contributed by atoms with Crippen LogP contribution in [0.25, 0.3) is 21.7 Å². The number of halogens is 3. The molecule has 0 fully saturated rings. The molecule has 0 saturated carbocycles. The highest BCUT2D eigenvalue weighted by Gasteiger charge is 2.30. The quantitative estimate of drug-likeness (QED) is 0.546. The Bertz CT molecular complexity index is 1190. The minimum absolute atomic E-state index is 0.0213. The van der Waals surface area contributed by atoms with Crippen LogP contribution in [0.2, 0.25) is 0 Å². The summed E-state index contributed by atoms with van der Waals surface area (Å²) in [5, 5.41) is 2.73. The van der Waals surface area contributed by atoms with Crippen LogP contribution in [0.4, 0.5) is 13.2 Å². The van der Waals surface area contributed by atoms with Crippen molar-refractivity contribution in [2.24, 2.45) is 0 Å². The average molecular weight is 418 g/mol. The van der Waals surface area contributed by atoms with Crippen LogP contribution in [0.15, 0.2) is 42.4 Å². The molecule has 4 heterocycles. The molecule has 0 aliphatic rings. The first kappa shape index (κ1) is 19.0. The summed E-state index contributed by atoms with van der Waals surface area (Å²) in [6.07, 6.45) is 1.54. The number of pyridine rings is 1. The fraction of sp³-hybridized carbons (Fsp3) is 0.167. The lowest BCUT2D eigenvalue weighted by Gasteiger charge is -2.09. The zero-order valence-electron chi connectivity index (χ0n) is 14.9. The third-order valence-electron chi connectivity index (χ3n) is 4.15. The Balaban J connectivity index is 1.64. The second-order valence-electron chi connectivity index (χ2n) is 6.18. The van der Waals surface area contributed by atoms with E-state index in [-0.39, 0.29) is 11.1 Å². The van der Waals surface area contributed by atoms with E-state index in [1.54, 1.807) is 18.5 Å². The van der Waals surface area contributed by atoms with Crippen molar-refractivity contribution in [1.29, 1.82) is 0 Å². The number of aryl methyl sites for hydroxylation is 1. The van der Waals surface area contributed by atoms with Crippen molar-refractivity contribution in [2.45, 2.75) is 19.5 Å². The number of nitrogens with one attached hydrogen (secondary N) is 1. The van der Waals surface area contributed by atoms with Gasteiger partial charge in [-0.2, -0.15) is 13.2 Å². The standard InChI is InChI=1S/C18H13F3N6OS/c1-10-12(8-24-15(25-10)17-23-4-5-29-17)16(28)26-27-9-11(6-18(19,20)21)13-7-22-3-2-14(13)27/h2-5,7-9H,6H2,1H3,(H,26,28). The van der Waals surface area contributed by atoms with Gasteiger partial charge in [0.25, 0.3) is 5.91 Å². The van der Waals surface area contributed by atoms with Gasteiger partial charge in [0.2, 0.25) is 0 Å². The molecule has 0 unspecified atom stereocenters.